The fourth-order valence-corrected chi connectivity index (χ4v) is 7.90. The van der Waals surface area contributed by atoms with Crippen molar-refractivity contribution in [2.45, 2.75) is 61.8 Å². The van der Waals surface area contributed by atoms with E-state index in [4.69, 9.17) is 9.40 Å². The minimum atomic E-state index is 0. The normalized spacial score (nSPS) is 11.5. The molecular formula is C46H42IrN2OS-2. The second-order valence-corrected chi connectivity index (χ2v) is 15.8. The number of aromatic nitrogens is 2. The molecule has 0 bridgehead atoms. The van der Waals surface area contributed by atoms with E-state index in [2.05, 4.69) is 120 Å². The number of benzene rings is 4. The maximum absolute atomic E-state index is 6.67. The molecule has 0 atom stereocenters. The molecule has 0 saturated carbocycles. The molecule has 0 N–H and O–H groups in total. The van der Waals surface area contributed by atoms with E-state index in [0.29, 0.717) is 0 Å². The smallest absolute Gasteiger partial charge is 0.129 e. The Bertz CT molecular complexity index is 2460. The molecule has 1 radical (unpaired) electrons. The van der Waals surface area contributed by atoms with Crippen LogP contribution in [0, 0.1) is 52.2 Å². The third kappa shape index (κ3) is 7.35. The average Bonchev–Trinajstić information content (AvgIpc) is 3.61. The SMILES string of the molecule is Cc1ccc(-c2[c-]cccc2)nc1.Cc1cccc(C)c1-c1cnc(-c2[c-]ccc3c2oc2c3ccc3sc(C)c(C)c32)cc1CC(C)(C)C.[Ir]. The van der Waals surface area contributed by atoms with Crippen LogP contribution >= 0.6 is 11.3 Å². The largest absolute Gasteiger partial charge is 0.500 e. The van der Waals surface area contributed by atoms with Crippen molar-refractivity contribution in [2.75, 3.05) is 0 Å². The third-order valence-corrected chi connectivity index (χ3v) is 10.5. The molecule has 4 heterocycles. The summed E-state index contributed by atoms with van der Waals surface area (Å²) in [5, 5.41) is 3.50. The summed E-state index contributed by atoms with van der Waals surface area (Å²) in [5.74, 6) is 0. The standard InChI is InChI=1S/C34H32NOS.C12H10N.Ir/c1-19-10-8-11-20(2)30(19)27-18-35-28(16-23(27)17-34(5,6)7)26-13-9-12-24-25-14-15-29-31(21(3)22(4)37-29)33(25)36-32(24)26;1-10-7-8-12(13-9-10)11-5-3-2-4-6-11;/h8-12,14-16,18H,17H2,1-7H3;2-5,7-9H,1H3;/q2*-1;. The molecule has 0 aliphatic carbocycles. The van der Waals surface area contributed by atoms with Gasteiger partial charge < -0.3 is 14.4 Å². The summed E-state index contributed by atoms with van der Waals surface area (Å²) >= 11 is 1.83. The van der Waals surface area contributed by atoms with Gasteiger partial charge in [0, 0.05) is 58.4 Å². The Labute approximate surface area is 319 Å². The van der Waals surface area contributed by atoms with E-state index in [1.807, 2.05) is 60.9 Å². The Morgan fingerprint density at radius 2 is 1.47 bits per heavy atom. The van der Waals surface area contributed by atoms with Crippen molar-refractivity contribution in [3.05, 3.63) is 142 Å². The van der Waals surface area contributed by atoms with Crippen LogP contribution in [0.2, 0.25) is 0 Å². The maximum Gasteiger partial charge on any atom is 0.129 e. The molecule has 259 valence electrons. The van der Waals surface area contributed by atoms with Gasteiger partial charge in [-0.15, -0.1) is 65.4 Å². The zero-order valence-corrected chi connectivity index (χ0v) is 33.7. The first-order chi connectivity index (χ1) is 24.0. The van der Waals surface area contributed by atoms with Crippen molar-refractivity contribution in [3.8, 4) is 33.6 Å². The second-order valence-electron chi connectivity index (χ2n) is 14.5. The van der Waals surface area contributed by atoms with Gasteiger partial charge in [0.1, 0.15) is 5.58 Å². The number of hydrogen-bond donors (Lipinski definition) is 0. The van der Waals surface area contributed by atoms with Gasteiger partial charge >= 0.3 is 0 Å². The monoisotopic (exact) mass is 863 g/mol. The van der Waals surface area contributed by atoms with Gasteiger partial charge in [0.25, 0.3) is 0 Å². The molecule has 0 aliphatic heterocycles. The Kier molecular flexibility index (Phi) is 10.5. The molecule has 3 nitrogen and oxygen atoms in total. The van der Waals surface area contributed by atoms with E-state index in [1.54, 1.807) is 0 Å². The van der Waals surface area contributed by atoms with Gasteiger partial charge in [0.05, 0.1) is 5.58 Å². The van der Waals surface area contributed by atoms with Crippen LogP contribution in [0.4, 0.5) is 0 Å². The quantitative estimate of drug-likeness (QED) is 0.166. The maximum atomic E-state index is 6.67. The Morgan fingerprint density at radius 1 is 0.725 bits per heavy atom. The average molecular weight is 863 g/mol. The summed E-state index contributed by atoms with van der Waals surface area (Å²) < 4.78 is 7.95. The van der Waals surface area contributed by atoms with E-state index in [1.165, 1.54) is 53.9 Å². The van der Waals surface area contributed by atoms with Gasteiger partial charge in [0.15, 0.2) is 0 Å². The van der Waals surface area contributed by atoms with Crippen LogP contribution in [0.25, 0.3) is 65.7 Å². The Hall–Kier alpha value is -4.41. The van der Waals surface area contributed by atoms with Crippen LogP contribution in [-0.2, 0) is 26.5 Å². The molecule has 5 heteroatoms. The number of thiophene rings is 1. The first-order valence-electron chi connectivity index (χ1n) is 17.2. The Morgan fingerprint density at radius 3 is 2.16 bits per heavy atom. The number of fused-ring (bicyclic) bond motifs is 5. The third-order valence-electron chi connectivity index (χ3n) is 9.34. The first kappa shape index (κ1) is 36.4. The summed E-state index contributed by atoms with van der Waals surface area (Å²) in [6, 6.07) is 35.9. The molecule has 0 aliphatic rings. The van der Waals surface area contributed by atoms with Crippen LogP contribution in [0.3, 0.4) is 0 Å². The number of nitrogens with zero attached hydrogens (tertiary/aromatic N) is 2. The van der Waals surface area contributed by atoms with Crippen molar-refractivity contribution in [1.29, 1.82) is 0 Å². The van der Waals surface area contributed by atoms with E-state index in [9.17, 15) is 0 Å². The number of furan rings is 1. The molecule has 4 aromatic carbocycles. The number of rotatable bonds is 4. The number of pyridine rings is 2. The molecule has 0 fully saturated rings. The van der Waals surface area contributed by atoms with Gasteiger partial charge in [0.2, 0.25) is 0 Å². The summed E-state index contributed by atoms with van der Waals surface area (Å²) in [7, 11) is 0. The van der Waals surface area contributed by atoms with Crippen molar-refractivity contribution in [1.82, 2.24) is 9.97 Å². The zero-order valence-electron chi connectivity index (χ0n) is 30.5. The molecule has 0 spiro atoms. The zero-order chi connectivity index (χ0) is 35.2. The van der Waals surface area contributed by atoms with Gasteiger partial charge in [-0.3, -0.25) is 0 Å². The molecule has 0 saturated heterocycles. The van der Waals surface area contributed by atoms with Crippen LogP contribution < -0.4 is 0 Å². The van der Waals surface area contributed by atoms with Crippen LogP contribution in [0.5, 0.6) is 0 Å². The Balaban J connectivity index is 0.000000269. The summed E-state index contributed by atoms with van der Waals surface area (Å²) in [5.41, 5.74) is 14.7. The van der Waals surface area contributed by atoms with Gasteiger partial charge in [-0.25, -0.2) is 0 Å². The predicted molar refractivity (Wildman–Crippen MR) is 212 cm³/mol. The van der Waals surface area contributed by atoms with Crippen molar-refractivity contribution >= 4 is 43.4 Å². The fraction of sp³-hybridized carbons (Fsp3) is 0.217. The van der Waals surface area contributed by atoms with E-state index < -0.39 is 0 Å². The second kappa shape index (κ2) is 14.7. The van der Waals surface area contributed by atoms with E-state index in [0.717, 1.165) is 50.9 Å². The minimum Gasteiger partial charge on any atom is -0.500 e. The first-order valence-corrected chi connectivity index (χ1v) is 18.0. The molecule has 8 aromatic rings. The van der Waals surface area contributed by atoms with Crippen molar-refractivity contribution in [3.63, 3.8) is 0 Å². The van der Waals surface area contributed by atoms with Gasteiger partial charge in [-0.1, -0.05) is 74.2 Å². The summed E-state index contributed by atoms with van der Waals surface area (Å²) in [4.78, 5) is 10.7. The molecule has 0 unspecified atom stereocenters. The van der Waals surface area contributed by atoms with E-state index >= 15 is 0 Å². The minimum absolute atomic E-state index is 0. The predicted octanol–water partition coefficient (Wildman–Crippen LogP) is 13.0. The molecule has 51 heavy (non-hydrogen) atoms. The summed E-state index contributed by atoms with van der Waals surface area (Å²) in [6.07, 6.45) is 4.89. The van der Waals surface area contributed by atoms with E-state index in [-0.39, 0.29) is 25.5 Å². The summed E-state index contributed by atoms with van der Waals surface area (Å²) in [6.45, 7) is 17.7. The van der Waals surface area contributed by atoms with Gasteiger partial charge in [-0.05, 0) is 97.3 Å². The number of aryl methyl sites for hydroxylation is 5. The topological polar surface area (TPSA) is 38.9 Å². The molecule has 8 rings (SSSR count). The molecule has 0 amide bonds. The van der Waals surface area contributed by atoms with Gasteiger partial charge in [-0.2, -0.15) is 0 Å². The fourth-order valence-electron chi connectivity index (χ4n) is 6.83. The number of hydrogen-bond acceptors (Lipinski definition) is 4. The van der Waals surface area contributed by atoms with Crippen LogP contribution in [0.15, 0.2) is 102 Å². The molecule has 4 aromatic heterocycles. The van der Waals surface area contributed by atoms with Crippen molar-refractivity contribution in [2.24, 2.45) is 5.41 Å². The van der Waals surface area contributed by atoms with Crippen molar-refractivity contribution < 1.29 is 24.5 Å². The molecular weight excluding hydrogens is 821 g/mol. The van der Waals surface area contributed by atoms with Crippen LogP contribution in [0.1, 0.15) is 53.5 Å². The van der Waals surface area contributed by atoms with Crippen LogP contribution in [-0.4, -0.2) is 9.97 Å².